The van der Waals surface area contributed by atoms with E-state index in [0.717, 1.165) is 22.5 Å². The van der Waals surface area contributed by atoms with Crippen LogP contribution in [-0.4, -0.2) is 47.0 Å². The van der Waals surface area contributed by atoms with E-state index in [2.05, 4.69) is 20.7 Å². The summed E-state index contributed by atoms with van der Waals surface area (Å²) in [4.78, 5) is 16.2. The summed E-state index contributed by atoms with van der Waals surface area (Å²) in [6.45, 7) is 1.72. The Labute approximate surface area is 150 Å². The first kappa shape index (κ1) is 16.2. The zero-order valence-corrected chi connectivity index (χ0v) is 14.1. The number of fused-ring (bicyclic) bond motifs is 4. The van der Waals surface area contributed by atoms with Gasteiger partial charge in [0, 0.05) is 18.3 Å². The van der Waals surface area contributed by atoms with Gasteiger partial charge >= 0.3 is 6.09 Å². The third kappa shape index (κ3) is 3.53. The van der Waals surface area contributed by atoms with Gasteiger partial charge in [-0.3, -0.25) is 0 Å². The highest BCUT2D eigenvalue weighted by molar-refractivity contribution is 5.78. The van der Waals surface area contributed by atoms with E-state index in [1.165, 1.54) is 0 Å². The Morgan fingerprint density at radius 2 is 2.04 bits per heavy atom. The van der Waals surface area contributed by atoms with Gasteiger partial charge in [0.05, 0.1) is 19.3 Å². The number of carbonyl (C=O) groups is 1. The average Bonchev–Trinajstić information content (AvgIpc) is 3.08. The van der Waals surface area contributed by atoms with Crippen LogP contribution in [0.3, 0.4) is 0 Å². The van der Waals surface area contributed by atoms with Crippen molar-refractivity contribution in [2.45, 2.75) is 6.42 Å². The molecule has 26 heavy (non-hydrogen) atoms. The fraction of sp³-hybridized carbons (Fsp3) is 0.278. The Morgan fingerprint density at radius 1 is 1.08 bits per heavy atom. The molecule has 0 saturated heterocycles. The highest BCUT2D eigenvalue weighted by Crippen LogP contribution is 2.27. The molecule has 0 radical (unpaired) electrons. The first-order chi connectivity index (χ1) is 12.8. The lowest BCUT2D eigenvalue weighted by Crippen LogP contribution is -2.28. The number of amides is 1. The van der Waals surface area contributed by atoms with Crippen molar-refractivity contribution in [1.82, 2.24) is 19.9 Å². The lowest BCUT2D eigenvalue weighted by Gasteiger charge is -2.09. The Hall–Kier alpha value is -3.29. The van der Waals surface area contributed by atoms with Crippen molar-refractivity contribution >= 4 is 17.6 Å². The molecule has 4 bridgehead atoms. The van der Waals surface area contributed by atoms with Gasteiger partial charge in [0.2, 0.25) is 0 Å². The number of benzene rings is 1. The Kier molecular flexibility index (Phi) is 4.55. The minimum absolute atomic E-state index is 0.252. The number of rotatable bonds is 0. The van der Waals surface area contributed by atoms with Crippen molar-refractivity contribution in [3.8, 4) is 16.9 Å². The third-order valence-electron chi connectivity index (χ3n) is 4.01. The Bertz CT molecular complexity index is 924. The quantitative estimate of drug-likeness (QED) is 0.645. The van der Waals surface area contributed by atoms with Crippen LogP contribution in [0.5, 0.6) is 5.75 Å². The molecule has 134 valence electrons. The highest BCUT2D eigenvalue weighted by atomic mass is 16.5. The van der Waals surface area contributed by atoms with Crippen LogP contribution >= 0.6 is 0 Å². The van der Waals surface area contributed by atoms with Gasteiger partial charge in [0.1, 0.15) is 18.2 Å². The summed E-state index contributed by atoms with van der Waals surface area (Å²) >= 11 is 0. The minimum atomic E-state index is -0.431. The van der Waals surface area contributed by atoms with Crippen LogP contribution in [0, 0.1) is 0 Å². The number of nitrogens with one attached hydrogen (secondary N) is 2. The monoisotopic (exact) mass is 353 g/mol. The highest BCUT2D eigenvalue weighted by Gasteiger charge is 2.10. The number of anilines is 1. The van der Waals surface area contributed by atoms with Gasteiger partial charge in [0.25, 0.3) is 0 Å². The van der Waals surface area contributed by atoms with Crippen LogP contribution in [0.1, 0.15) is 6.42 Å². The summed E-state index contributed by atoms with van der Waals surface area (Å²) in [5, 5.41) is 10.2. The fourth-order valence-electron chi connectivity index (χ4n) is 2.75. The number of nitrogens with zero attached hydrogens (tertiary/aromatic N) is 3. The number of carbonyl (C=O) groups excluding carboxylic acids is 1. The molecule has 0 atom stereocenters. The standard InChI is InChI=1S/C18H19N5O3/c24-18-20-6-2-9-25-14-4-1-3-13(11-14)15-12-21-23-8-5-16(22-17(15)23)19-7-10-26-18/h1,3-5,8,11-12H,2,6-7,9-10H2,(H,19,22)(H,20,24). The zero-order valence-electron chi connectivity index (χ0n) is 14.1. The topological polar surface area (TPSA) is 89.8 Å². The van der Waals surface area contributed by atoms with E-state index in [0.29, 0.717) is 31.9 Å². The van der Waals surface area contributed by atoms with Gasteiger partial charge in [-0.1, -0.05) is 12.1 Å². The summed E-state index contributed by atoms with van der Waals surface area (Å²) in [6.07, 6.45) is 3.90. The average molecular weight is 353 g/mol. The molecule has 8 heteroatoms. The van der Waals surface area contributed by atoms with Gasteiger partial charge in [0.15, 0.2) is 5.65 Å². The van der Waals surface area contributed by atoms with Gasteiger partial charge in [-0.15, -0.1) is 0 Å². The Morgan fingerprint density at radius 3 is 3.00 bits per heavy atom. The predicted octanol–water partition coefficient (Wildman–Crippen LogP) is 2.32. The normalized spacial score (nSPS) is 15.5. The van der Waals surface area contributed by atoms with Crippen LogP contribution < -0.4 is 15.4 Å². The van der Waals surface area contributed by atoms with E-state index >= 15 is 0 Å². The number of ether oxygens (including phenoxy) is 2. The predicted molar refractivity (Wildman–Crippen MR) is 96.4 cm³/mol. The largest absolute Gasteiger partial charge is 0.494 e. The fourth-order valence-corrected chi connectivity index (χ4v) is 2.75. The van der Waals surface area contributed by atoms with Crippen LogP contribution in [0.15, 0.2) is 42.7 Å². The SMILES string of the molecule is O=C1NCCCOc2cccc(c2)-c2cnn3ccc(nc23)NCCO1. The van der Waals surface area contributed by atoms with E-state index < -0.39 is 6.09 Å². The lowest BCUT2D eigenvalue weighted by atomic mass is 10.1. The first-order valence-electron chi connectivity index (χ1n) is 8.52. The number of aromatic nitrogens is 3. The molecule has 0 aliphatic carbocycles. The van der Waals surface area contributed by atoms with Gasteiger partial charge in [-0.05, 0) is 30.2 Å². The second kappa shape index (κ2) is 7.30. The molecule has 1 aromatic carbocycles. The molecule has 1 amide bonds. The maximum absolute atomic E-state index is 11.6. The van der Waals surface area contributed by atoms with Crippen molar-refractivity contribution < 1.29 is 14.3 Å². The second-order valence-corrected chi connectivity index (χ2v) is 5.86. The summed E-state index contributed by atoms with van der Waals surface area (Å²) in [6, 6.07) is 9.66. The number of alkyl carbamates (subject to hydrolysis) is 1. The van der Waals surface area contributed by atoms with Gasteiger partial charge < -0.3 is 20.1 Å². The van der Waals surface area contributed by atoms with Crippen molar-refractivity contribution in [2.24, 2.45) is 0 Å². The molecule has 0 saturated carbocycles. The molecular formula is C18H19N5O3. The van der Waals surface area contributed by atoms with E-state index in [-0.39, 0.29) is 6.61 Å². The smallest absolute Gasteiger partial charge is 0.407 e. The van der Waals surface area contributed by atoms with Crippen molar-refractivity contribution in [3.05, 3.63) is 42.7 Å². The van der Waals surface area contributed by atoms with Gasteiger partial charge in [-0.2, -0.15) is 5.10 Å². The van der Waals surface area contributed by atoms with Crippen molar-refractivity contribution in [1.29, 1.82) is 0 Å². The maximum Gasteiger partial charge on any atom is 0.407 e. The van der Waals surface area contributed by atoms with E-state index in [1.807, 2.05) is 36.5 Å². The molecule has 3 heterocycles. The van der Waals surface area contributed by atoms with Crippen LogP contribution in [0.25, 0.3) is 16.8 Å². The second-order valence-electron chi connectivity index (χ2n) is 5.86. The molecular weight excluding hydrogens is 334 g/mol. The van der Waals surface area contributed by atoms with Crippen molar-refractivity contribution in [3.63, 3.8) is 0 Å². The number of hydrogen-bond donors (Lipinski definition) is 2. The molecule has 0 fully saturated rings. The maximum atomic E-state index is 11.6. The summed E-state index contributed by atoms with van der Waals surface area (Å²) < 4.78 is 12.6. The number of hydrogen-bond acceptors (Lipinski definition) is 6. The number of cyclic esters (lactones) is 1. The molecule has 2 N–H and O–H groups in total. The zero-order chi connectivity index (χ0) is 17.8. The summed E-state index contributed by atoms with van der Waals surface area (Å²) in [5.74, 6) is 1.46. The lowest BCUT2D eigenvalue weighted by molar-refractivity contribution is 0.150. The minimum Gasteiger partial charge on any atom is -0.494 e. The van der Waals surface area contributed by atoms with E-state index in [4.69, 9.17) is 9.47 Å². The van der Waals surface area contributed by atoms with Crippen LogP contribution in [-0.2, 0) is 4.74 Å². The molecule has 1 aliphatic heterocycles. The van der Waals surface area contributed by atoms with Gasteiger partial charge in [-0.25, -0.2) is 14.3 Å². The third-order valence-corrected chi connectivity index (χ3v) is 4.01. The van der Waals surface area contributed by atoms with Crippen LogP contribution in [0.4, 0.5) is 10.6 Å². The molecule has 0 unspecified atom stereocenters. The molecule has 4 rings (SSSR count). The molecule has 1 aliphatic rings. The molecule has 2 aromatic heterocycles. The summed E-state index contributed by atoms with van der Waals surface area (Å²) in [7, 11) is 0. The van der Waals surface area contributed by atoms with Crippen molar-refractivity contribution in [2.75, 3.05) is 31.6 Å². The van der Waals surface area contributed by atoms with E-state index in [1.54, 1.807) is 10.7 Å². The first-order valence-corrected chi connectivity index (χ1v) is 8.52. The molecule has 8 nitrogen and oxygen atoms in total. The molecule has 3 aromatic rings. The van der Waals surface area contributed by atoms with E-state index in [9.17, 15) is 4.79 Å². The Balaban J connectivity index is 1.68. The summed E-state index contributed by atoms with van der Waals surface area (Å²) in [5.41, 5.74) is 2.66. The molecule has 0 spiro atoms. The van der Waals surface area contributed by atoms with Crippen LogP contribution in [0.2, 0.25) is 0 Å².